The lowest BCUT2D eigenvalue weighted by molar-refractivity contribution is -0.0113. The molecular formula is C24H27F3N4O. The lowest BCUT2D eigenvalue weighted by Crippen LogP contribution is -2.38. The highest BCUT2D eigenvalue weighted by molar-refractivity contribution is 5.91. The van der Waals surface area contributed by atoms with Crippen molar-refractivity contribution >= 4 is 16.6 Å². The highest BCUT2D eigenvalue weighted by Crippen LogP contribution is 2.38. The molecule has 2 heterocycles. The summed E-state index contributed by atoms with van der Waals surface area (Å²) in [6, 6.07) is 7.42. The van der Waals surface area contributed by atoms with Crippen molar-refractivity contribution in [3.05, 3.63) is 65.4 Å². The van der Waals surface area contributed by atoms with Gasteiger partial charge in [0.2, 0.25) is 0 Å². The maximum Gasteiger partial charge on any atom is 0.266 e. The molecule has 0 bridgehead atoms. The van der Waals surface area contributed by atoms with Crippen LogP contribution in [0.3, 0.4) is 0 Å². The molecule has 3 N–H and O–H groups in total. The van der Waals surface area contributed by atoms with Crippen LogP contribution in [0.1, 0.15) is 61.9 Å². The van der Waals surface area contributed by atoms with Crippen LogP contribution in [0.5, 0.6) is 0 Å². The van der Waals surface area contributed by atoms with Crippen molar-refractivity contribution in [1.82, 2.24) is 15.3 Å². The largest absolute Gasteiger partial charge is 0.384 e. The number of hydrogen-bond acceptors (Lipinski definition) is 5. The smallest absolute Gasteiger partial charge is 0.266 e. The number of pyridine rings is 2. The maximum atomic E-state index is 14.6. The number of aliphatic hydroxyl groups is 1. The Labute approximate surface area is 185 Å². The molecule has 1 aliphatic carbocycles. The predicted octanol–water partition coefficient (Wildman–Crippen LogP) is 5.23. The number of hydrogen-bond donors (Lipinski definition) is 3. The third-order valence-corrected chi connectivity index (χ3v) is 6.46. The van der Waals surface area contributed by atoms with Crippen molar-refractivity contribution < 1.29 is 18.3 Å². The van der Waals surface area contributed by atoms with Gasteiger partial charge < -0.3 is 15.7 Å². The van der Waals surface area contributed by atoms with E-state index in [1.54, 1.807) is 25.4 Å². The van der Waals surface area contributed by atoms with Crippen LogP contribution in [0.15, 0.2) is 42.7 Å². The molecule has 2 aromatic heterocycles. The summed E-state index contributed by atoms with van der Waals surface area (Å²) in [5.41, 5.74) is 0.403. The summed E-state index contributed by atoms with van der Waals surface area (Å²) in [6.07, 6.45) is 3.25. The highest BCUT2D eigenvalue weighted by atomic mass is 19.3. The van der Waals surface area contributed by atoms with Gasteiger partial charge in [-0.2, -0.15) is 0 Å². The number of nitrogens with zero attached hydrogens (tertiary/aromatic N) is 2. The van der Waals surface area contributed by atoms with Crippen LogP contribution >= 0.6 is 0 Å². The molecule has 4 rings (SSSR count). The summed E-state index contributed by atoms with van der Waals surface area (Å²) < 4.78 is 40.8. The molecule has 0 saturated heterocycles. The molecule has 0 radical (unpaired) electrons. The second kappa shape index (κ2) is 9.03. The Morgan fingerprint density at radius 3 is 2.53 bits per heavy atom. The number of halogens is 3. The van der Waals surface area contributed by atoms with Gasteiger partial charge in [0.15, 0.2) is 0 Å². The molecule has 1 aliphatic rings. The third kappa shape index (κ3) is 4.29. The standard InChI is InChI=1S/C24H27F3N4O/c1-14(16-4-3-5-17(22(16)25)23(26)27)31-19-8-11-29-20-13-30-21(12-18(19)20)24(32)9-6-15(28-2)7-10-24/h3-5,8,11-15,23,28,32H,6-7,9-10H2,1-2H3,(H,29,31)/t14-,15?,24?/m1/s1. The normalized spacial score (nSPS) is 22.3. The molecule has 1 saturated carbocycles. The monoisotopic (exact) mass is 444 g/mol. The van der Waals surface area contributed by atoms with Crippen LogP contribution in [-0.2, 0) is 5.60 Å². The van der Waals surface area contributed by atoms with Gasteiger partial charge >= 0.3 is 0 Å². The van der Waals surface area contributed by atoms with Crippen molar-refractivity contribution in [2.45, 2.75) is 56.7 Å². The fraction of sp³-hybridized carbons (Fsp3) is 0.417. The van der Waals surface area contributed by atoms with E-state index in [0.29, 0.717) is 35.8 Å². The minimum Gasteiger partial charge on any atom is -0.384 e. The quantitative estimate of drug-likeness (QED) is 0.486. The molecular weight excluding hydrogens is 417 g/mol. The average Bonchev–Trinajstić information content (AvgIpc) is 2.79. The molecule has 32 heavy (non-hydrogen) atoms. The average molecular weight is 445 g/mol. The van der Waals surface area contributed by atoms with Gasteiger partial charge in [0.05, 0.1) is 29.0 Å². The highest BCUT2D eigenvalue weighted by Gasteiger charge is 2.36. The molecule has 1 atom stereocenters. The second-order valence-electron chi connectivity index (χ2n) is 8.46. The Balaban J connectivity index is 1.65. The minimum absolute atomic E-state index is 0.158. The zero-order valence-electron chi connectivity index (χ0n) is 18.1. The van der Waals surface area contributed by atoms with E-state index in [-0.39, 0.29) is 5.56 Å². The van der Waals surface area contributed by atoms with Gasteiger partial charge in [-0.05, 0) is 51.8 Å². The van der Waals surface area contributed by atoms with Gasteiger partial charge in [0, 0.05) is 28.9 Å². The first-order chi connectivity index (χ1) is 15.3. The number of anilines is 1. The molecule has 0 amide bonds. The Kier molecular flexibility index (Phi) is 6.35. The molecule has 5 nitrogen and oxygen atoms in total. The van der Waals surface area contributed by atoms with Crippen LogP contribution in [-0.4, -0.2) is 28.2 Å². The van der Waals surface area contributed by atoms with Crippen LogP contribution in [0.4, 0.5) is 18.9 Å². The van der Waals surface area contributed by atoms with Gasteiger partial charge in [-0.3, -0.25) is 9.97 Å². The molecule has 0 unspecified atom stereocenters. The number of alkyl halides is 2. The van der Waals surface area contributed by atoms with Crippen molar-refractivity contribution in [3.8, 4) is 0 Å². The van der Waals surface area contributed by atoms with Crippen LogP contribution in [0.25, 0.3) is 10.9 Å². The van der Waals surface area contributed by atoms with E-state index in [2.05, 4.69) is 20.6 Å². The summed E-state index contributed by atoms with van der Waals surface area (Å²) in [5, 5.41) is 18.4. The lowest BCUT2D eigenvalue weighted by Gasteiger charge is -2.35. The molecule has 1 fully saturated rings. The van der Waals surface area contributed by atoms with E-state index in [4.69, 9.17) is 0 Å². The molecule has 170 valence electrons. The molecule has 0 spiro atoms. The Morgan fingerprint density at radius 2 is 1.84 bits per heavy atom. The number of fused-ring (bicyclic) bond motifs is 1. The van der Waals surface area contributed by atoms with Crippen LogP contribution in [0.2, 0.25) is 0 Å². The summed E-state index contributed by atoms with van der Waals surface area (Å²) in [6.45, 7) is 1.72. The fourth-order valence-corrected chi connectivity index (χ4v) is 4.45. The van der Waals surface area contributed by atoms with E-state index in [1.807, 2.05) is 13.1 Å². The molecule has 0 aliphatic heterocycles. The van der Waals surface area contributed by atoms with E-state index < -0.39 is 29.4 Å². The second-order valence-corrected chi connectivity index (χ2v) is 8.46. The number of benzene rings is 1. The molecule has 1 aromatic carbocycles. The Hall–Kier alpha value is -2.71. The third-order valence-electron chi connectivity index (χ3n) is 6.46. The van der Waals surface area contributed by atoms with Gasteiger partial charge in [0.1, 0.15) is 11.4 Å². The zero-order chi connectivity index (χ0) is 22.9. The van der Waals surface area contributed by atoms with Crippen LogP contribution < -0.4 is 10.6 Å². The van der Waals surface area contributed by atoms with Crippen molar-refractivity contribution in [1.29, 1.82) is 0 Å². The zero-order valence-corrected chi connectivity index (χ0v) is 18.1. The van der Waals surface area contributed by atoms with Gasteiger partial charge in [0.25, 0.3) is 6.43 Å². The topological polar surface area (TPSA) is 70.1 Å². The first-order valence-electron chi connectivity index (χ1n) is 10.8. The van der Waals surface area contributed by atoms with E-state index in [0.717, 1.165) is 24.3 Å². The number of aromatic nitrogens is 2. The van der Waals surface area contributed by atoms with E-state index in [9.17, 15) is 18.3 Å². The maximum absolute atomic E-state index is 14.6. The van der Waals surface area contributed by atoms with E-state index in [1.165, 1.54) is 12.1 Å². The summed E-state index contributed by atoms with van der Waals surface area (Å²) in [4.78, 5) is 8.82. The first kappa shape index (κ1) is 22.5. The SMILES string of the molecule is CNC1CCC(O)(c2cc3c(N[C@H](C)c4cccc(C(F)F)c4F)ccnc3cn2)CC1. The summed E-state index contributed by atoms with van der Waals surface area (Å²) in [5.74, 6) is -0.904. The number of nitrogens with one attached hydrogen (secondary N) is 2. The van der Waals surface area contributed by atoms with E-state index >= 15 is 0 Å². The molecule has 8 heteroatoms. The van der Waals surface area contributed by atoms with Crippen molar-refractivity contribution in [2.75, 3.05) is 12.4 Å². The Morgan fingerprint density at radius 1 is 1.12 bits per heavy atom. The van der Waals surface area contributed by atoms with Crippen molar-refractivity contribution in [2.24, 2.45) is 0 Å². The Bertz CT molecular complexity index is 1100. The molecule has 3 aromatic rings. The summed E-state index contributed by atoms with van der Waals surface area (Å²) in [7, 11) is 1.92. The lowest BCUT2D eigenvalue weighted by atomic mass is 9.79. The first-order valence-corrected chi connectivity index (χ1v) is 10.8. The van der Waals surface area contributed by atoms with Gasteiger partial charge in [-0.25, -0.2) is 13.2 Å². The van der Waals surface area contributed by atoms with Crippen molar-refractivity contribution in [3.63, 3.8) is 0 Å². The van der Waals surface area contributed by atoms with Crippen LogP contribution in [0, 0.1) is 5.82 Å². The summed E-state index contributed by atoms with van der Waals surface area (Å²) >= 11 is 0. The fourth-order valence-electron chi connectivity index (χ4n) is 4.45. The predicted molar refractivity (Wildman–Crippen MR) is 118 cm³/mol. The minimum atomic E-state index is -2.88. The van der Waals surface area contributed by atoms with Gasteiger partial charge in [-0.15, -0.1) is 0 Å². The number of rotatable bonds is 6. The van der Waals surface area contributed by atoms with Gasteiger partial charge in [-0.1, -0.05) is 18.2 Å².